The van der Waals surface area contributed by atoms with Crippen LogP contribution in [0.15, 0.2) is 0 Å². The number of nitrogens with zero attached hydrogens (tertiary/aromatic N) is 2. The van der Waals surface area contributed by atoms with Crippen molar-refractivity contribution in [3.8, 4) is 0 Å². The molecule has 3 atom stereocenters. The summed E-state index contributed by atoms with van der Waals surface area (Å²) in [5.41, 5.74) is 0. The van der Waals surface area contributed by atoms with Gasteiger partial charge in [0, 0.05) is 39.3 Å². The van der Waals surface area contributed by atoms with E-state index in [0.29, 0.717) is 18.3 Å². The molecule has 5 nitrogen and oxygen atoms in total. The molecule has 2 saturated heterocycles. The third-order valence-corrected chi connectivity index (χ3v) is 3.92. The fourth-order valence-corrected chi connectivity index (χ4v) is 3.05. The molecule has 118 valence electrons. The number of morpholine rings is 2. The maximum absolute atomic E-state index is 5.95. The topological polar surface area (TPSA) is 34.2 Å². The number of rotatable bonds is 6. The van der Waals surface area contributed by atoms with Gasteiger partial charge in [-0.2, -0.15) is 0 Å². The first-order valence-corrected chi connectivity index (χ1v) is 7.93. The zero-order valence-electron chi connectivity index (χ0n) is 13.2. The Bertz CT molecular complexity index is 262. The molecule has 0 aliphatic carbocycles. The molecule has 0 spiro atoms. The molecule has 0 saturated carbocycles. The van der Waals surface area contributed by atoms with Gasteiger partial charge in [0.15, 0.2) is 0 Å². The molecule has 2 rings (SSSR count). The van der Waals surface area contributed by atoms with Crippen LogP contribution >= 0.6 is 0 Å². The molecule has 2 fully saturated rings. The lowest BCUT2D eigenvalue weighted by atomic mass is 10.2. The molecule has 20 heavy (non-hydrogen) atoms. The van der Waals surface area contributed by atoms with Crippen LogP contribution in [0.1, 0.15) is 20.8 Å². The van der Waals surface area contributed by atoms with Crippen LogP contribution < -0.4 is 0 Å². The lowest BCUT2D eigenvalue weighted by molar-refractivity contribution is -0.0771. The zero-order valence-corrected chi connectivity index (χ0v) is 13.2. The van der Waals surface area contributed by atoms with E-state index in [-0.39, 0.29) is 0 Å². The van der Waals surface area contributed by atoms with E-state index in [0.717, 1.165) is 59.1 Å². The predicted molar refractivity (Wildman–Crippen MR) is 79.1 cm³/mol. The number of hydrogen-bond acceptors (Lipinski definition) is 5. The Morgan fingerprint density at radius 2 is 1.75 bits per heavy atom. The fraction of sp³-hybridized carbons (Fsp3) is 1.00. The average Bonchev–Trinajstić information content (AvgIpc) is 2.38. The second-order valence-corrected chi connectivity index (χ2v) is 6.11. The van der Waals surface area contributed by atoms with Gasteiger partial charge in [-0.1, -0.05) is 0 Å². The van der Waals surface area contributed by atoms with Crippen LogP contribution in [-0.2, 0) is 14.2 Å². The van der Waals surface area contributed by atoms with Gasteiger partial charge in [0.25, 0.3) is 0 Å². The monoisotopic (exact) mass is 286 g/mol. The van der Waals surface area contributed by atoms with Gasteiger partial charge in [-0.25, -0.2) is 0 Å². The molecule has 3 unspecified atom stereocenters. The van der Waals surface area contributed by atoms with Crippen molar-refractivity contribution in [2.24, 2.45) is 0 Å². The Hall–Kier alpha value is -0.200. The maximum atomic E-state index is 5.95. The van der Waals surface area contributed by atoms with Crippen LogP contribution in [0.3, 0.4) is 0 Å². The van der Waals surface area contributed by atoms with Gasteiger partial charge in [0.05, 0.1) is 38.1 Å². The summed E-state index contributed by atoms with van der Waals surface area (Å²) < 4.78 is 17.1. The van der Waals surface area contributed by atoms with E-state index in [9.17, 15) is 0 Å². The largest absolute Gasteiger partial charge is 0.379 e. The summed E-state index contributed by atoms with van der Waals surface area (Å²) in [6, 6.07) is 0. The smallest absolute Gasteiger partial charge is 0.0678 e. The van der Waals surface area contributed by atoms with Gasteiger partial charge in [0.1, 0.15) is 0 Å². The van der Waals surface area contributed by atoms with Gasteiger partial charge in [-0.15, -0.1) is 0 Å². The van der Waals surface area contributed by atoms with E-state index in [2.05, 4.69) is 30.6 Å². The van der Waals surface area contributed by atoms with Gasteiger partial charge in [-0.3, -0.25) is 9.80 Å². The highest BCUT2D eigenvalue weighted by molar-refractivity contribution is 4.73. The van der Waals surface area contributed by atoms with Crippen LogP contribution in [0, 0.1) is 0 Å². The Balaban J connectivity index is 1.57. The summed E-state index contributed by atoms with van der Waals surface area (Å²) in [6.07, 6.45) is 0.970. The molecular formula is C15H30N2O3. The summed E-state index contributed by atoms with van der Waals surface area (Å²) >= 11 is 0. The van der Waals surface area contributed by atoms with Crippen molar-refractivity contribution < 1.29 is 14.2 Å². The molecule has 2 heterocycles. The normalized spacial score (nSPS) is 31.4. The van der Waals surface area contributed by atoms with E-state index >= 15 is 0 Å². The summed E-state index contributed by atoms with van der Waals surface area (Å²) in [7, 11) is 0. The minimum atomic E-state index is 0.295. The number of ether oxygens (including phenoxy) is 3. The molecule has 0 N–H and O–H groups in total. The maximum Gasteiger partial charge on any atom is 0.0678 e. The van der Waals surface area contributed by atoms with E-state index in [1.807, 2.05) is 0 Å². The van der Waals surface area contributed by atoms with Crippen molar-refractivity contribution in [1.29, 1.82) is 0 Å². The first kappa shape index (κ1) is 16.2. The van der Waals surface area contributed by atoms with Crippen LogP contribution in [0.4, 0.5) is 0 Å². The lowest BCUT2D eigenvalue weighted by Gasteiger charge is -2.35. The second kappa shape index (κ2) is 8.29. The molecule has 5 heteroatoms. The Morgan fingerprint density at radius 3 is 2.40 bits per heavy atom. The quantitative estimate of drug-likeness (QED) is 0.722. The molecule has 2 aliphatic heterocycles. The summed E-state index contributed by atoms with van der Waals surface area (Å²) in [5, 5.41) is 0. The fourth-order valence-electron chi connectivity index (χ4n) is 3.05. The highest BCUT2D eigenvalue weighted by Gasteiger charge is 2.22. The molecular weight excluding hydrogens is 256 g/mol. The van der Waals surface area contributed by atoms with E-state index in [4.69, 9.17) is 14.2 Å². The van der Waals surface area contributed by atoms with Crippen LogP contribution in [0.5, 0.6) is 0 Å². The van der Waals surface area contributed by atoms with Crippen molar-refractivity contribution in [1.82, 2.24) is 9.80 Å². The molecule has 0 bridgehead atoms. The number of hydrogen-bond donors (Lipinski definition) is 0. The van der Waals surface area contributed by atoms with Crippen LogP contribution in [0.2, 0.25) is 0 Å². The predicted octanol–water partition coefficient (Wildman–Crippen LogP) is 0.833. The summed E-state index contributed by atoms with van der Waals surface area (Å²) in [5.74, 6) is 0. The SMILES string of the molecule is CC(CN1CCOCC1)OCCN1CC(C)OC(C)C1. The highest BCUT2D eigenvalue weighted by Crippen LogP contribution is 2.10. The minimum absolute atomic E-state index is 0.295. The minimum Gasteiger partial charge on any atom is -0.379 e. The average molecular weight is 286 g/mol. The standard InChI is InChI=1S/C15H30N2O3/c1-13(10-16-4-7-18-8-5-16)19-9-6-17-11-14(2)20-15(3)12-17/h13-15H,4-12H2,1-3H3. The van der Waals surface area contributed by atoms with Gasteiger partial charge in [0.2, 0.25) is 0 Å². The van der Waals surface area contributed by atoms with Crippen LogP contribution in [0.25, 0.3) is 0 Å². The second-order valence-electron chi connectivity index (χ2n) is 6.11. The van der Waals surface area contributed by atoms with E-state index < -0.39 is 0 Å². The van der Waals surface area contributed by atoms with Crippen molar-refractivity contribution in [2.45, 2.75) is 39.1 Å². The lowest BCUT2D eigenvalue weighted by Crippen LogP contribution is -2.47. The van der Waals surface area contributed by atoms with Crippen molar-refractivity contribution >= 4 is 0 Å². The van der Waals surface area contributed by atoms with E-state index in [1.165, 1.54) is 0 Å². The van der Waals surface area contributed by atoms with Gasteiger partial charge < -0.3 is 14.2 Å². The third kappa shape index (κ3) is 5.66. The van der Waals surface area contributed by atoms with E-state index in [1.54, 1.807) is 0 Å². The van der Waals surface area contributed by atoms with Crippen molar-refractivity contribution in [3.05, 3.63) is 0 Å². The molecule has 0 amide bonds. The molecule has 2 aliphatic rings. The molecule has 0 aromatic carbocycles. The Morgan fingerprint density at radius 1 is 1.10 bits per heavy atom. The van der Waals surface area contributed by atoms with Crippen molar-refractivity contribution in [3.63, 3.8) is 0 Å². The molecule has 0 radical (unpaired) electrons. The Kier molecular flexibility index (Phi) is 6.71. The highest BCUT2D eigenvalue weighted by atomic mass is 16.5. The molecule has 0 aromatic rings. The van der Waals surface area contributed by atoms with Crippen LogP contribution in [-0.4, -0.2) is 87.2 Å². The third-order valence-electron chi connectivity index (χ3n) is 3.92. The Labute approximate surface area is 123 Å². The summed E-state index contributed by atoms with van der Waals surface area (Å²) in [6.45, 7) is 15.1. The van der Waals surface area contributed by atoms with Gasteiger partial charge >= 0.3 is 0 Å². The summed E-state index contributed by atoms with van der Waals surface area (Å²) in [4.78, 5) is 4.87. The first-order chi connectivity index (χ1) is 9.63. The first-order valence-electron chi connectivity index (χ1n) is 7.93. The zero-order chi connectivity index (χ0) is 14.4. The molecule has 0 aromatic heterocycles. The van der Waals surface area contributed by atoms with Crippen molar-refractivity contribution in [2.75, 3.05) is 59.1 Å². The van der Waals surface area contributed by atoms with Gasteiger partial charge in [-0.05, 0) is 20.8 Å².